The highest BCUT2D eigenvalue weighted by atomic mass is 16.6. The SMILES string of the molecule is CC(C)(C)OC(=O)NC1(C(=O)OCc2ccccc2)CCCCCCC1. The molecule has 0 bridgehead atoms. The minimum absolute atomic E-state index is 0.206. The fraction of sp³-hybridized carbons (Fsp3) is 0.619. The summed E-state index contributed by atoms with van der Waals surface area (Å²) in [6.45, 7) is 5.64. The van der Waals surface area contributed by atoms with Crippen LogP contribution in [0.15, 0.2) is 30.3 Å². The van der Waals surface area contributed by atoms with E-state index >= 15 is 0 Å². The maximum Gasteiger partial charge on any atom is 0.408 e. The summed E-state index contributed by atoms with van der Waals surface area (Å²) in [6, 6.07) is 9.58. The van der Waals surface area contributed by atoms with Crippen molar-refractivity contribution in [3.63, 3.8) is 0 Å². The summed E-state index contributed by atoms with van der Waals surface area (Å²) in [5.41, 5.74) is -0.683. The van der Waals surface area contributed by atoms with Gasteiger partial charge < -0.3 is 14.8 Å². The summed E-state index contributed by atoms with van der Waals surface area (Å²) in [5.74, 6) is -0.367. The van der Waals surface area contributed by atoms with E-state index in [9.17, 15) is 9.59 Å². The lowest BCUT2D eigenvalue weighted by Crippen LogP contribution is -2.56. The Morgan fingerprint density at radius 1 is 1.00 bits per heavy atom. The number of hydrogen-bond acceptors (Lipinski definition) is 4. The van der Waals surface area contributed by atoms with Crippen molar-refractivity contribution >= 4 is 12.1 Å². The first-order valence-electron chi connectivity index (χ1n) is 9.53. The Morgan fingerprint density at radius 3 is 2.15 bits per heavy atom. The Bertz CT molecular complexity index is 584. The molecule has 1 aliphatic rings. The third-order valence-corrected chi connectivity index (χ3v) is 4.55. The minimum atomic E-state index is -1.00. The second kappa shape index (κ2) is 9.06. The quantitative estimate of drug-likeness (QED) is 0.787. The van der Waals surface area contributed by atoms with Crippen LogP contribution in [-0.2, 0) is 20.9 Å². The molecule has 5 nitrogen and oxygen atoms in total. The van der Waals surface area contributed by atoms with E-state index in [2.05, 4.69) is 5.32 Å². The van der Waals surface area contributed by atoms with E-state index in [0.29, 0.717) is 12.8 Å². The van der Waals surface area contributed by atoms with E-state index in [0.717, 1.165) is 31.2 Å². The second-order valence-corrected chi connectivity index (χ2v) is 8.04. The summed E-state index contributed by atoms with van der Waals surface area (Å²) in [5, 5.41) is 2.86. The highest BCUT2D eigenvalue weighted by molar-refractivity contribution is 5.86. The first-order valence-corrected chi connectivity index (χ1v) is 9.53. The molecule has 1 amide bonds. The smallest absolute Gasteiger partial charge is 0.408 e. The monoisotopic (exact) mass is 361 g/mol. The average Bonchev–Trinajstić information content (AvgIpc) is 2.54. The van der Waals surface area contributed by atoms with Crippen LogP contribution in [0.2, 0.25) is 0 Å². The van der Waals surface area contributed by atoms with Gasteiger partial charge in [-0.2, -0.15) is 0 Å². The average molecular weight is 361 g/mol. The normalized spacial score (nSPS) is 17.5. The van der Waals surface area contributed by atoms with Crippen LogP contribution in [0.4, 0.5) is 4.79 Å². The maximum atomic E-state index is 13.0. The second-order valence-electron chi connectivity index (χ2n) is 8.04. The Labute approximate surface area is 156 Å². The van der Waals surface area contributed by atoms with E-state index in [-0.39, 0.29) is 12.6 Å². The van der Waals surface area contributed by atoms with E-state index < -0.39 is 17.2 Å². The lowest BCUT2D eigenvalue weighted by Gasteiger charge is -2.34. The van der Waals surface area contributed by atoms with Gasteiger partial charge in [0.05, 0.1) is 0 Å². The molecule has 1 fully saturated rings. The van der Waals surface area contributed by atoms with Crippen LogP contribution in [0.1, 0.15) is 71.3 Å². The van der Waals surface area contributed by atoms with Gasteiger partial charge in [0.15, 0.2) is 0 Å². The van der Waals surface area contributed by atoms with Crippen LogP contribution in [-0.4, -0.2) is 23.2 Å². The van der Waals surface area contributed by atoms with Crippen LogP contribution in [0, 0.1) is 0 Å². The molecule has 1 aromatic rings. The zero-order valence-corrected chi connectivity index (χ0v) is 16.2. The van der Waals surface area contributed by atoms with Gasteiger partial charge in [-0.3, -0.25) is 0 Å². The number of carbonyl (C=O) groups is 2. The number of hydrogen-bond donors (Lipinski definition) is 1. The van der Waals surface area contributed by atoms with E-state index in [1.165, 1.54) is 6.42 Å². The lowest BCUT2D eigenvalue weighted by atomic mass is 9.84. The van der Waals surface area contributed by atoms with Crippen molar-refractivity contribution in [1.29, 1.82) is 0 Å². The predicted octanol–water partition coefficient (Wildman–Crippen LogP) is 4.74. The number of esters is 1. The zero-order chi connectivity index (χ0) is 19.0. The molecule has 0 heterocycles. The molecule has 144 valence electrons. The van der Waals surface area contributed by atoms with Crippen molar-refractivity contribution in [3.05, 3.63) is 35.9 Å². The van der Waals surface area contributed by atoms with Gasteiger partial charge >= 0.3 is 12.1 Å². The molecule has 0 atom stereocenters. The van der Waals surface area contributed by atoms with Crippen molar-refractivity contribution in [3.8, 4) is 0 Å². The van der Waals surface area contributed by atoms with Gasteiger partial charge in [0.1, 0.15) is 17.7 Å². The van der Waals surface area contributed by atoms with E-state index in [1.807, 2.05) is 51.1 Å². The summed E-state index contributed by atoms with van der Waals surface area (Å²) in [4.78, 5) is 25.3. The third kappa shape index (κ3) is 6.36. The number of ether oxygens (including phenoxy) is 2. The molecule has 0 spiro atoms. The molecule has 0 saturated heterocycles. The fourth-order valence-electron chi connectivity index (χ4n) is 3.25. The van der Waals surface area contributed by atoms with Crippen LogP contribution in [0.3, 0.4) is 0 Å². The first-order chi connectivity index (χ1) is 12.3. The van der Waals surface area contributed by atoms with Crippen molar-refractivity contribution in [1.82, 2.24) is 5.32 Å². The molecule has 0 aliphatic heterocycles. The summed E-state index contributed by atoms with van der Waals surface area (Å²) in [6.07, 6.45) is 5.66. The van der Waals surface area contributed by atoms with E-state index in [1.54, 1.807) is 0 Å². The lowest BCUT2D eigenvalue weighted by molar-refractivity contribution is -0.154. The number of alkyl carbamates (subject to hydrolysis) is 1. The highest BCUT2D eigenvalue weighted by Gasteiger charge is 2.42. The summed E-state index contributed by atoms with van der Waals surface area (Å²) < 4.78 is 11.0. The van der Waals surface area contributed by atoms with Crippen molar-refractivity contribution in [2.45, 2.75) is 83.5 Å². The predicted molar refractivity (Wildman–Crippen MR) is 101 cm³/mol. The van der Waals surface area contributed by atoms with Gasteiger partial charge in [-0.05, 0) is 39.2 Å². The van der Waals surface area contributed by atoms with Gasteiger partial charge in [-0.1, -0.05) is 62.4 Å². The van der Waals surface area contributed by atoms with Crippen molar-refractivity contribution in [2.75, 3.05) is 0 Å². The van der Waals surface area contributed by atoms with Gasteiger partial charge in [-0.25, -0.2) is 9.59 Å². The molecule has 0 aromatic heterocycles. The number of amides is 1. The zero-order valence-electron chi connectivity index (χ0n) is 16.2. The van der Waals surface area contributed by atoms with Crippen molar-refractivity contribution < 1.29 is 19.1 Å². The van der Waals surface area contributed by atoms with Crippen LogP contribution < -0.4 is 5.32 Å². The Morgan fingerprint density at radius 2 is 1.58 bits per heavy atom. The minimum Gasteiger partial charge on any atom is -0.459 e. The number of rotatable bonds is 4. The third-order valence-electron chi connectivity index (χ3n) is 4.55. The summed E-state index contributed by atoms with van der Waals surface area (Å²) in [7, 11) is 0. The Hall–Kier alpha value is -2.04. The van der Waals surface area contributed by atoms with Gasteiger partial charge in [-0.15, -0.1) is 0 Å². The van der Waals surface area contributed by atoms with Crippen molar-refractivity contribution in [2.24, 2.45) is 0 Å². The molecule has 2 rings (SSSR count). The van der Waals surface area contributed by atoms with Gasteiger partial charge in [0, 0.05) is 0 Å². The van der Waals surface area contributed by atoms with E-state index in [4.69, 9.17) is 9.47 Å². The topological polar surface area (TPSA) is 64.6 Å². The molecule has 26 heavy (non-hydrogen) atoms. The molecule has 1 N–H and O–H groups in total. The maximum absolute atomic E-state index is 13.0. The van der Waals surface area contributed by atoms with Gasteiger partial charge in [0.2, 0.25) is 0 Å². The first kappa shape index (κ1) is 20.3. The number of nitrogens with one attached hydrogen (secondary N) is 1. The highest BCUT2D eigenvalue weighted by Crippen LogP contribution is 2.28. The van der Waals surface area contributed by atoms with Gasteiger partial charge in [0.25, 0.3) is 0 Å². The number of benzene rings is 1. The standard InChI is InChI=1S/C21H31NO4/c1-20(2,3)26-19(24)22-21(14-10-5-4-6-11-15-21)18(23)25-16-17-12-8-7-9-13-17/h7-9,12-13H,4-6,10-11,14-16H2,1-3H3,(H,22,24). The molecule has 0 unspecified atom stereocenters. The molecular formula is C21H31NO4. The molecule has 1 aliphatic carbocycles. The fourth-order valence-corrected chi connectivity index (χ4v) is 3.25. The van der Waals surface area contributed by atoms with Crippen LogP contribution >= 0.6 is 0 Å². The Kier molecular flexibility index (Phi) is 7.06. The summed E-state index contributed by atoms with van der Waals surface area (Å²) >= 11 is 0. The van der Waals surface area contributed by atoms with Crippen LogP contribution in [0.5, 0.6) is 0 Å². The molecule has 0 radical (unpaired) electrons. The molecular weight excluding hydrogens is 330 g/mol. The molecule has 1 saturated carbocycles. The number of carbonyl (C=O) groups excluding carboxylic acids is 2. The largest absolute Gasteiger partial charge is 0.459 e. The Balaban J connectivity index is 2.10. The molecule has 1 aromatic carbocycles. The molecule has 5 heteroatoms. The van der Waals surface area contributed by atoms with Crippen LogP contribution in [0.25, 0.3) is 0 Å².